The number of hydrogen-bond donors (Lipinski definition) is 4. The van der Waals surface area contributed by atoms with Crippen molar-refractivity contribution in [2.75, 3.05) is 22.5 Å². The predicted octanol–water partition coefficient (Wildman–Crippen LogP) is 2.96. The van der Waals surface area contributed by atoms with Crippen molar-refractivity contribution in [3.8, 4) is 0 Å². The number of nitrogens with zero attached hydrogens (tertiary/aromatic N) is 3. The van der Waals surface area contributed by atoms with E-state index in [2.05, 4.69) is 54.3 Å². The molecule has 1 aromatic carbocycles. The Balaban J connectivity index is 1.52. The molecular weight excluding hydrogens is 290 g/mol. The van der Waals surface area contributed by atoms with E-state index in [0.29, 0.717) is 11.6 Å². The molecule has 7 heteroatoms. The van der Waals surface area contributed by atoms with Gasteiger partial charge in [-0.15, -0.1) is 0 Å². The SMILES string of the molecule is Cc1cc(Nc2cncc(Nc3ccc4c(c3)NCC4)n2)n[nH]1. The summed E-state index contributed by atoms with van der Waals surface area (Å²) in [5.41, 5.74) is 4.51. The van der Waals surface area contributed by atoms with Crippen molar-refractivity contribution in [2.24, 2.45) is 0 Å². The van der Waals surface area contributed by atoms with Gasteiger partial charge in [-0.05, 0) is 31.0 Å². The molecule has 4 N–H and O–H groups in total. The van der Waals surface area contributed by atoms with Crippen molar-refractivity contribution in [2.45, 2.75) is 13.3 Å². The van der Waals surface area contributed by atoms with Gasteiger partial charge >= 0.3 is 0 Å². The molecule has 0 saturated carbocycles. The second-order valence-corrected chi connectivity index (χ2v) is 5.52. The molecule has 0 bridgehead atoms. The first-order chi connectivity index (χ1) is 11.3. The number of aryl methyl sites for hydroxylation is 1. The first kappa shape index (κ1) is 13.6. The number of anilines is 5. The maximum Gasteiger partial charge on any atom is 0.153 e. The summed E-state index contributed by atoms with van der Waals surface area (Å²) < 4.78 is 0. The van der Waals surface area contributed by atoms with Crippen molar-refractivity contribution in [3.63, 3.8) is 0 Å². The van der Waals surface area contributed by atoms with Crippen LogP contribution in [-0.2, 0) is 6.42 Å². The van der Waals surface area contributed by atoms with Crippen LogP contribution in [-0.4, -0.2) is 26.7 Å². The van der Waals surface area contributed by atoms with Gasteiger partial charge in [-0.25, -0.2) is 4.98 Å². The average molecular weight is 307 g/mol. The van der Waals surface area contributed by atoms with Crippen molar-refractivity contribution in [1.82, 2.24) is 20.2 Å². The molecule has 23 heavy (non-hydrogen) atoms. The number of fused-ring (bicyclic) bond motifs is 1. The van der Waals surface area contributed by atoms with Crippen LogP contribution in [0.3, 0.4) is 0 Å². The molecule has 0 aliphatic carbocycles. The molecule has 1 aliphatic heterocycles. The van der Waals surface area contributed by atoms with Crippen molar-refractivity contribution in [3.05, 3.63) is 47.9 Å². The van der Waals surface area contributed by atoms with Gasteiger partial charge in [0.15, 0.2) is 17.5 Å². The highest BCUT2D eigenvalue weighted by atomic mass is 15.2. The molecule has 116 valence electrons. The topological polar surface area (TPSA) is 90.6 Å². The molecule has 7 nitrogen and oxygen atoms in total. The van der Waals surface area contributed by atoms with Gasteiger partial charge in [0.2, 0.25) is 0 Å². The molecule has 0 saturated heterocycles. The minimum atomic E-state index is 0.640. The third-order valence-corrected chi connectivity index (χ3v) is 3.69. The summed E-state index contributed by atoms with van der Waals surface area (Å²) in [5.74, 6) is 2.04. The monoisotopic (exact) mass is 307 g/mol. The number of aromatic nitrogens is 4. The van der Waals surface area contributed by atoms with Crippen LogP contribution in [0.5, 0.6) is 0 Å². The van der Waals surface area contributed by atoms with E-state index in [9.17, 15) is 0 Å². The molecule has 3 aromatic rings. The Labute approximate surface area is 133 Å². The Morgan fingerprint density at radius 2 is 1.91 bits per heavy atom. The highest BCUT2D eigenvalue weighted by Gasteiger charge is 2.10. The van der Waals surface area contributed by atoms with Crippen LogP contribution in [0.1, 0.15) is 11.3 Å². The van der Waals surface area contributed by atoms with Crippen molar-refractivity contribution >= 4 is 28.8 Å². The third-order valence-electron chi connectivity index (χ3n) is 3.69. The molecule has 0 radical (unpaired) electrons. The number of rotatable bonds is 4. The van der Waals surface area contributed by atoms with Crippen molar-refractivity contribution < 1.29 is 0 Å². The maximum atomic E-state index is 4.51. The summed E-state index contributed by atoms with van der Waals surface area (Å²) in [6.45, 7) is 2.95. The van der Waals surface area contributed by atoms with Crippen LogP contribution in [0, 0.1) is 6.92 Å². The molecule has 4 rings (SSSR count). The molecule has 0 fully saturated rings. The van der Waals surface area contributed by atoms with Crippen LogP contribution in [0.4, 0.5) is 28.8 Å². The summed E-state index contributed by atoms with van der Waals surface area (Å²) in [6, 6.07) is 8.21. The van der Waals surface area contributed by atoms with E-state index in [1.165, 1.54) is 11.3 Å². The predicted molar refractivity (Wildman–Crippen MR) is 90.6 cm³/mol. The van der Waals surface area contributed by atoms with Crippen LogP contribution in [0.25, 0.3) is 0 Å². The summed E-state index contributed by atoms with van der Waals surface area (Å²) in [4.78, 5) is 8.72. The second kappa shape index (κ2) is 5.60. The molecule has 3 heterocycles. The zero-order valence-corrected chi connectivity index (χ0v) is 12.7. The van der Waals surface area contributed by atoms with E-state index in [1.54, 1.807) is 12.4 Å². The van der Waals surface area contributed by atoms with E-state index >= 15 is 0 Å². The fourth-order valence-electron chi connectivity index (χ4n) is 2.62. The first-order valence-corrected chi connectivity index (χ1v) is 7.51. The van der Waals surface area contributed by atoms with Crippen LogP contribution in [0.15, 0.2) is 36.7 Å². The maximum absolute atomic E-state index is 4.51. The van der Waals surface area contributed by atoms with Gasteiger partial charge in [0.05, 0.1) is 12.4 Å². The average Bonchev–Trinajstić information content (AvgIpc) is 3.16. The lowest BCUT2D eigenvalue weighted by Gasteiger charge is -2.09. The minimum Gasteiger partial charge on any atom is -0.384 e. The van der Waals surface area contributed by atoms with Crippen LogP contribution in [0.2, 0.25) is 0 Å². The lowest BCUT2D eigenvalue weighted by molar-refractivity contribution is 1.05. The number of nitrogens with one attached hydrogen (secondary N) is 4. The largest absolute Gasteiger partial charge is 0.384 e. The quantitative estimate of drug-likeness (QED) is 0.592. The van der Waals surface area contributed by atoms with Crippen LogP contribution >= 0.6 is 0 Å². The lowest BCUT2D eigenvalue weighted by atomic mass is 10.1. The van der Waals surface area contributed by atoms with E-state index in [-0.39, 0.29) is 0 Å². The molecule has 0 amide bonds. The van der Waals surface area contributed by atoms with Gasteiger partial charge in [-0.1, -0.05) is 6.07 Å². The summed E-state index contributed by atoms with van der Waals surface area (Å²) in [6.07, 6.45) is 4.44. The Bertz CT molecular complexity index is 840. The van der Waals surface area contributed by atoms with Gasteiger partial charge in [0.25, 0.3) is 0 Å². The van der Waals surface area contributed by atoms with Gasteiger partial charge < -0.3 is 16.0 Å². The molecule has 0 spiro atoms. The van der Waals surface area contributed by atoms with E-state index in [4.69, 9.17) is 0 Å². The van der Waals surface area contributed by atoms with E-state index < -0.39 is 0 Å². The van der Waals surface area contributed by atoms with Gasteiger partial charge in [0.1, 0.15) is 0 Å². The normalized spacial score (nSPS) is 12.6. The minimum absolute atomic E-state index is 0.640. The van der Waals surface area contributed by atoms with Gasteiger partial charge in [-0.3, -0.25) is 10.1 Å². The Kier molecular flexibility index (Phi) is 3.30. The van der Waals surface area contributed by atoms with Gasteiger partial charge in [-0.2, -0.15) is 5.10 Å². The molecular formula is C16H17N7. The fourth-order valence-corrected chi connectivity index (χ4v) is 2.62. The van der Waals surface area contributed by atoms with E-state index in [1.807, 2.05) is 13.0 Å². The smallest absolute Gasteiger partial charge is 0.153 e. The standard InChI is InChI=1S/C16H17N7/c1-10-6-14(23-22-10)20-16-9-17-8-15(21-16)19-12-3-2-11-4-5-18-13(11)7-12/h2-3,6-9,18H,4-5H2,1H3,(H3,19,20,21,22,23). The summed E-state index contributed by atoms with van der Waals surface area (Å²) in [7, 11) is 0. The Morgan fingerprint density at radius 1 is 1.04 bits per heavy atom. The van der Waals surface area contributed by atoms with E-state index in [0.717, 1.165) is 30.2 Å². The van der Waals surface area contributed by atoms with Crippen LogP contribution < -0.4 is 16.0 Å². The molecule has 0 unspecified atom stereocenters. The number of benzene rings is 1. The fraction of sp³-hybridized carbons (Fsp3) is 0.188. The zero-order valence-electron chi connectivity index (χ0n) is 12.7. The highest BCUT2D eigenvalue weighted by Crippen LogP contribution is 2.27. The zero-order chi connectivity index (χ0) is 15.6. The molecule has 0 atom stereocenters. The summed E-state index contributed by atoms with van der Waals surface area (Å²) in [5, 5.41) is 16.8. The molecule has 2 aromatic heterocycles. The number of hydrogen-bond acceptors (Lipinski definition) is 6. The Hall–Kier alpha value is -3.09. The van der Waals surface area contributed by atoms with Gasteiger partial charge in [0, 0.05) is 29.7 Å². The summed E-state index contributed by atoms with van der Waals surface area (Å²) >= 11 is 0. The number of H-pyrrole nitrogens is 1. The molecule has 1 aliphatic rings. The Morgan fingerprint density at radius 3 is 2.74 bits per heavy atom. The lowest BCUT2D eigenvalue weighted by Crippen LogP contribution is -2.00. The highest BCUT2D eigenvalue weighted by molar-refractivity contribution is 5.67. The first-order valence-electron chi connectivity index (χ1n) is 7.51. The number of aromatic amines is 1. The second-order valence-electron chi connectivity index (χ2n) is 5.52. The van der Waals surface area contributed by atoms with Crippen molar-refractivity contribution in [1.29, 1.82) is 0 Å². The third kappa shape index (κ3) is 2.94.